The molecule has 0 aromatic carbocycles. The maximum atomic E-state index is 12.4. The monoisotopic (exact) mass is 708 g/mol. The summed E-state index contributed by atoms with van der Waals surface area (Å²) in [4.78, 5) is 12.4. The highest BCUT2D eigenvalue weighted by atomic mass is 16.3. The van der Waals surface area contributed by atoms with Gasteiger partial charge in [-0.15, -0.1) is 0 Å². The van der Waals surface area contributed by atoms with Crippen molar-refractivity contribution < 1.29 is 15.0 Å². The first-order valence-corrected chi connectivity index (χ1v) is 23.2. The molecular formula is C46H93NO3. The van der Waals surface area contributed by atoms with E-state index in [9.17, 15) is 15.0 Å². The van der Waals surface area contributed by atoms with Crippen molar-refractivity contribution in [2.75, 3.05) is 6.61 Å². The van der Waals surface area contributed by atoms with E-state index >= 15 is 0 Å². The Balaban J connectivity index is 3.34. The summed E-state index contributed by atoms with van der Waals surface area (Å²) in [5, 5.41) is 23.0. The van der Waals surface area contributed by atoms with Crippen molar-refractivity contribution in [1.29, 1.82) is 0 Å². The number of aliphatic hydroxyl groups is 2. The molecule has 0 unspecified atom stereocenters. The number of aliphatic hydroxyl groups excluding tert-OH is 2. The molecule has 0 aromatic rings. The molecule has 0 spiro atoms. The van der Waals surface area contributed by atoms with Gasteiger partial charge in [0, 0.05) is 6.42 Å². The number of hydrogen-bond acceptors (Lipinski definition) is 3. The Labute approximate surface area is 314 Å². The largest absolute Gasteiger partial charge is 0.394 e. The molecule has 0 fully saturated rings. The predicted molar refractivity (Wildman–Crippen MR) is 221 cm³/mol. The summed E-state index contributed by atoms with van der Waals surface area (Å²) in [6.07, 6.45) is 52.1. The van der Waals surface area contributed by atoms with Crippen molar-refractivity contribution in [3.63, 3.8) is 0 Å². The molecule has 4 heteroatoms. The molecule has 1 amide bonds. The molecule has 0 saturated heterocycles. The topological polar surface area (TPSA) is 69.6 Å². The van der Waals surface area contributed by atoms with Crippen LogP contribution in [-0.2, 0) is 4.79 Å². The average molecular weight is 708 g/mol. The van der Waals surface area contributed by atoms with Gasteiger partial charge in [0.2, 0.25) is 5.91 Å². The predicted octanol–water partition coefficient (Wildman–Crippen LogP) is 14.5. The van der Waals surface area contributed by atoms with Crippen LogP contribution in [0.1, 0.15) is 271 Å². The van der Waals surface area contributed by atoms with E-state index in [2.05, 4.69) is 19.2 Å². The zero-order valence-electron chi connectivity index (χ0n) is 34.4. The summed E-state index contributed by atoms with van der Waals surface area (Å²) in [7, 11) is 0. The number of unbranched alkanes of at least 4 members (excludes halogenated alkanes) is 36. The molecule has 0 aliphatic rings. The van der Waals surface area contributed by atoms with E-state index in [4.69, 9.17) is 0 Å². The first kappa shape index (κ1) is 49.4. The Bertz CT molecular complexity index is 641. The Kier molecular flexibility index (Phi) is 42.3. The normalized spacial score (nSPS) is 12.8. The van der Waals surface area contributed by atoms with Crippen molar-refractivity contribution in [2.24, 2.45) is 0 Å². The van der Waals surface area contributed by atoms with E-state index in [0.29, 0.717) is 12.8 Å². The summed E-state index contributed by atoms with van der Waals surface area (Å²) >= 11 is 0. The summed E-state index contributed by atoms with van der Waals surface area (Å²) in [6, 6.07) is -0.528. The minimum Gasteiger partial charge on any atom is -0.394 e. The average Bonchev–Trinajstić information content (AvgIpc) is 3.12. The van der Waals surface area contributed by atoms with Gasteiger partial charge in [0.25, 0.3) is 0 Å². The molecule has 4 nitrogen and oxygen atoms in total. The second-order valence-electron chi connectivity index (χ2n) is 16.2. The summed E-state index contributed by atoms with van der Waals surface area (Å²) in [6.45, 7) is 4.36. The smallest absolute Gasteiger partial charge is 0.220 e. The van der Waals surface area contributed by atoms with Gasteiger partial charge in [-0.05, 0) is 12.8 Å². The minimum atomic E-state index is -0.651. The third kappa shape index (κ3) is 38.6. The second-order valence-corrected chi connectivity index (χ2v) is 16.2. The van der Waals surface area contributed by atoms with Gasteiger partial charge >= 0.3 is 0 Å². The lowest BCUT2D eigenvalue weighted by Gasteiger charge is -2.22. The second kappa shape index (κ2) is 42.8. The van der Waals surface area contributed by atoms with Crippen LogP contribution in [0, 0.1) is 0 Å². The van der Waals surface area contributed by atoms with Crippen LogP contribution >= 0.6 is 0 Å². The Morgan fingerprint density at radius 3 is 0.900 bits per heavy atom. The number of nitrogens with one attached hydrogen (secondary N) is 1. The molecule has 0 saturated carbocycles. The third-order valence-electron chi connectivity index (χ3n) is 11.1. The fourth-order valence-corrected chi connectivity index (χ4v) is 7.54. The number of rotatable bonds is 43. The van der Waals surface area contributed by atoms with E-state index in [-0.39, 0.29) is 12.5 Å². The van der Waals surface area contributed by atoms with Crippen LogP contribution in [0.3, 0.4) is 0 Å². The van der Waals surface area contributed by atoms with E-state index < -0.39 is 12.1 Å². The Morgan fingerprint density at radius 1 is 0.400 bits per heavy atom. The molecule has 0 aromatic heterocycles. The zero-order chi connectivity index (χ0) is 36.4. The van der Waals surface area contributed by atoms with Gasteiger partial charge in [-0.3, -0.25) is 4.79 Å². The Morgan fingerprint density at radius 2 is 0.640 bits per heavy atom. The van der Waals surface area contributed by atoms with Crippen LogP contribution in [0.25, 0.3) is 0 Å². The fraction of sp³-hybridized carbons (Fsp3) is 0.978. The van der Waals surface area contributed by atoms with Crippen molar-refractivity contribution in [1.82, 2.24) is 5.32 Å². The van der Waals surface area contributed by atoms with E-state index in [1.54, 1.807) is 0 Å². The molecule has 0 aliphatic carbocycles. The van der Waals surface area contributed by atoms with Crippen LogP contribution in [-0.4, -0.2) is 34.9 Å². The lowest BCUT2D eigenvalue weighted by Crippen LogP contribution is -2.45. The Hall–Kier alpha value is -0.610. The summed E-state index contributed by atoms with van der Waals surface area (Å²) in [5.74, 6) is -0.0276. The standard InChI is InChI=1S/C46H93NO3/c1-3-5-7-9-11-13-14-15-16-17-18-19-20-21-22-23-24-25-26-27-28-29-30-31-32-34-36-38-40-42-46(50)47-44(43-48)45(49)41-39-37-35-33-12-10-8-6-4-2/h44-45,48-49H,3-43H2,1-2H3,(H,47,50)/t44-,45+/m0/s1. The zero-order valence-corrected chi connectivity index (χ0v) is 34.4. The number of amides is 1. The molecular weight excluding hydrogens is 615 g/mol. The first-order valence-electron chi connectivity index (χ1n) is 23.2. The van der Waals surface area contributed by atoms with Gasteiger partial charge in [0.15, 0.2) is 0 Å². The minimum absolute atomic E-state index is 0.0276. The lowest BCUT2D eigenvalue weighted by molar-refractivity contribution is -0.123. The highest BCUT2D eigenvalue weighted by Gasteiger charge is 2.20. The molecule has 300 valence electrons. The van der Waals surface area contributed by atoms with Crippen LogP contribution in [0.5, 0.6) is 0 Å². The van der Waals surface area contributed by atoms with Crippen LogP contribution < -0.4 is 5.32 Å². The molecule has 0 rings (SSSR count). The number of hydrogen-bond donors (Lipinski definition) is 3. The number of carbonyl (C=O) groups is 1. The van der Waals surface area contributed by atoms with Crippen LogP contribution in [0.4, 0.5) is 0 Å². The highest BCUT2D eigenvalue weighted by Crippen LogP contribution is 2.17. The first-order chi connectivity index (χ1) is 24.7. The summed E-state index contributed by atoms with van der Waals surface area (Å²) in [5.41, 5.74) is 0. The lowest BCUT2D eigenvalue weighted by atomic mass is 10.0. The van der Waals surface area contributed by atoms with Crippen molar-refractivity contribution in [2.45, 2.75) is 283 Å². The number of carbonyl (C=O) groups excluding carboxylic acids is 1. The van der Waals surface area contributed by atoms with Gasteiger partial charge in [-0.2, -0.15) is 0 Å². The van der Waals surface area contributed by atoms with Crippen LogP contribution in [0.2, 0.25) is 0 Å². The van der Waals surface area contributed by atoms with Gasteiger partial charge in [0.1, 0.15) is 0 Å². The van der Waals surface area contributed by atoms with E-state index in [1.807, 2.05) is 0 Å². The third-order valence-corrected chi connectivity index (χ3v) is 11.1. The molecule has 0 radical (unpaired) electrons. The molecule has 0 heterocycles. The molecule has 0 aliphatic heterocycles. The maximum Gasteiger partial charge on any atom is 0.220 e. The molecule has 50 heavy (non-hydrogen) atoms. The van der Waals surface area contributed by atoms with E-state index in [1.165, 1.54) is 218 Å². The van der Waals surface area contributed by atoms with Gasteiger partial charge < -0.3 is 15.5 Å². The summed E-state index contributed by atoms with van der Waals surface area (Å²) < 4.78 is 0. The molecule has 0 bridgehead atoms. The molecule has 2 atom stereocenters. The van der Waals surface area contributed by atoms with E-state index in [0.717, 1.165) is 25.7 Å². The maximum absolute atomic E-state index is 12.4. The van der Waals surface area contributed by atoms with Crippen molar-refractivity contribution in [3.05, 3.63) is 0 Å². The SMILES string of the molecule is CCCCCCCCCCCCCCCCCCCCCCCCCCCCCCCC(=O)N[C@@H](CO)[C@H](O)CCCCCCCCCCC. The van der Waals surface area contributed by atoms with Gasteiger partial charge in [0.05, 0.1) is 18.8 Å². The van der Waals surface area contributed by atoms with Crippen molar-refractivity contribution in [3.8, 4) is 0 Å². The van der Waals surface area contributed by atoms with Gasteiger partial charge in [-0.25, -0.2) is 0 Å². The fourth-order valence-electron chi connectivity index (χ4n) is 7.54. The van der Waals surface area contributed by atoms with Crippen LogP contribution in [0.15, 0.2) is 0 Å². The highest BCUT2D eigenvalue weighted by molar-refractivity contribution is 5.76. The van der Waals surface area contributed by atoms with Gasteiger partial charge in [-0.1, -0.05) is 251 Å². The van der Waals surface area contributed by atoms with Crippen molar-refractivity contribution >= 4 is 5.91 Å². The molecule has 3 N–H and O–H groups in total. The quantitative estimate of drug-likeness (QED) is 0.0553.